The first-order valence-corrected chi connectivity index (χ1v) is 30.3. The van der Waals surface area contributed by atoms with Crippen LogP contribution in [0.15, 0.2) is 84.9 Å². The molecule has 0 bridgehead atoms. The Bertz CT molecular complexity index is 2620. The van der Waals surface area contributed by atoms with Gasteiger partial charge in [-0.15, -0.1) is 56.7 Å². The number of fused-ring (bicyclic) bond motifs is 5. The Labute approximate surface area is 419 Å². The van der Waals surface area contributed by atoms with Gasteiger partial charge in [-0.05, 0) is 146 Å². The van der Waals surface area contributed by atoms with Gasteiger partial charge in [0.05, 0.1) is 0 Å². The zero-order valence-electron chi connectivity index (χ0n) is 40.6. The van der Waals surface area contributed by atoms with Crippen LogP contribution in [0.4, 0.5) is 0 Å². The predicted molar refractivity (Wildman–Crippen MR) is 299 cm³/mol. The maximum atomic E-state index is 2.66. The molecule has 66 heavy (non-hydrogen) atoms. The van der Waals surface area contributed by atoms with Crippen molar-refractivity contribution in [3.8, 4) is 60.6 Å². The van der Waals surface area contributed by atoms with Crippen LogP contribution >= 0.6 is 56.7 Å². The molecule has 0 radical (unpaired) electrons. The van der Waals surface area contributed by atoms with Crippen molar-refractivity contribution in [3.05, 3.63) is 118 Å². The van der Waals surface area contributed by atoms with Gasteiger partial charge in [-0.1, -0.05) is 165 Å². The molecule has 5 heterocycles. The van der Waals surface area contributed by atoms with Gasteiger partial charge < -0.3 is 0 Å². The molecule has 0 amide bonds. The summed E-state index contributed by atoms with van der Waals surface area (Å²) < 4.78 is 0. The number of unbranched alkanes of at least 4 members (excludes halogenated alkanes) is 6. The van der Waals surface area contributed by atoms with E-state index in [0.29, 0.717) is 0 Å². The highest BCUT2D eigenvalue weighted by Crippen LogP contribution is 2.56. The molecule has 0 atom stereocenters. The van der Waals surface area contributed by atoms with Crippen molar-refractivity contribution >= 4 is 56.7 Å². The Hall–Kier alpha value is -3.06. The smallest absolute Gasteiger partial charge is 0.0484 e. The molecule has 5 aromatic heterocycles. The first kappa shape index (κ1) is 48.0. The summed E-state index contributed by atoms with van der Waals surface area (Å²) in [6.45, 7) is 9.21. The van der Waals surface area contributed by atoms with E-state index in [9.17, 15) is 0 Å². The van der Waals surface area contributed by atoms with Gasteiger partial charge in [0.15, 0.2) is 0 Å². The van der Waals surface area contributed by atoms with Crippen molar-refractivity contribution in [2.45, 2.75) is 187 Å². The number of benzene rings is 2. The molecular weight excluding hydrogens is 893 g/mol. The number of thiophene rings is 5. The molecule has 1 spiro atoms. The van der Waals surface area contributed by atoms with Crippen molar-refractivity contribution in [2.24, 2.45) is 0 Å². The fraction of sp³-hybridized carbons (Fsp3) is 0.475. The highest BCUT2D eigenvalue weighted by molar-refractivity contribution is 7.30. The van der Waals surface area contributed by atoms with Gasteiger partial charge in [-0.25, -0.2) is 0 Å². The second-order valence-electron chi connectivity index (χ2n) is 19.9. The minimum absolute atomic E-state index is 0.117. The van der Waals surface area contributed by atoms with Crippen LogP contribution in [0.1, 0.15) is 188 Å². The number of rotatable bonds is 15. The van der Waals surface area contributed by atoms with E-state index in [1.165, 1.54) is 215 Å². The minimum atomic E-state index is 0.117. The summed E-state index contributed by atoms with van der Waals surface area (Å²) in [5.74, 6) is 0. The van der Waals surface area contributed by atoms with E-state index in [2.05, 4.69) is 124 Å². The summed E-state index contributed by atoms with van der Waals surface area (Å²) in [4.78, 5) is 14.4. The Kier molecular flexibility index (Phi) is 16.7. The summed E-state index contributed by atoms with van der Waals surface area (Å²) in [5.41, 5.74) is 12.5. The predicted octanol–water partition coefficient (Wildman–Crippen LogP) is 21.9. The average Bonchev–Trinajstić information content (AvgIpc) is 4.20. The minimum Gasteiger partial charge on any atom is -0.140 e. The van der Waals surface area contributed by atoms with E-state index < -0.39 is 0 Å². The summed E-state index contributed by atoms with van der Waals surface area (Å²) >= 11 is 10.1. The second kappa shape index (κ2) is 23.0. The molecule has 0 saturated heterocycles. The molecule has 2 aliphatic carbocycles. The van der Waals surface area contributed by atoms with Crippen LogP contribution < -0.4 is 0 Å². The van der Waals surface area contributed by atoms with Crippen LogP contribution in [0, 0.1) is 13.8 Å². The Morgan fingerprint density at radius 2 is 0.833 bits per heavy atom. The maximum absolute atomic E-state index is 2.66. The molecule has 0 unspecified atom stereocenters. The van der Waals surface area contributed by atoms with E-state index in [1.807, 2.05) is 45.3 Å². The first-order chi connectivity index (χ1) is 32.5. The molecule has 2 aliphatic rings. The molecule has 0 nitrogen and oxygen atoms in total. The third-order valence-electron chi connectivity index (χ3n) is 14.9. The quantitative estimate of drug-likeness (QED) is 0.0898. The van der Waals surface area contributed by atoms with Gasteiger partial charge in [0.2, 0.25) is 0 Å². The summed E-state index contributed by atoms with van der Waals surface area (Å²) in [7, 11) is 0. The number of aryl methyl sites for hydroxylation is 2. The highest BCUT2D eigenvalue weighted by Gasteiger charge is 2.42. The van der Waals surface area contributed by atoms with Gasteiger partial charge in [-0.2, -0.15) is 0 Å². The maximum Gasteiger partial charge on any atom is 0.0484 e. The normalized spacial score (nSPS) is 15.8. The molecule has 1 fully saturated rings. The van der Waals surface area contributed by atoms with Crippen LogP contribution in [-0.4, -0.2) is 0 Å². The molecule has 9 rings (SSSR count). The average molecular weight is 968 g/mol. The molecule has 1 saturated carbocycles. The lowest BCUT2D eigenvalue weighted by molar-refractivity contribution is 0.399. The van der Waals surface area contributed by atoms with E-state index in [0.717, 1.165) is 0 Å². The van der Waals surface area contributed by atoms with Crippen LogP contribution in [0.3, 0.4) is 0 Å². The van der Waals surface area contributed by atoms with E-state index in [4.69, 9.17) is 0 Å². The number of hydrogen-bond donors (Lipinski definition) is 0. The molecule has 0 N–H and O–H groups in total. The summed E-state index contributed by atoms with van der Waals surface area (Å²) in [6.07, 6.45) is 32.1. The van der Waals surface area contributed by atoms with Crippen molar-refractivity contribution in [2.75, 3.05) is 0 Å². The van der Waals surface area contributed by atoms with Crippen LogP contribution in [0.25, 0.3) is 60.6 Å². The van der Waals surface area contributed by atoms with Crippen molar-refractivity contribution < 1.29 is 0 Å². The molecule has 7 aromatic rings. The fourth-order valence-electron chi connectivity index (χ4n) is 11.3. The van der Waals surface area contributed by atoms with Gasteiger partial charge >= 0.3 is 0 Å². The summed E-state index contributed by atoms with van der Waals surface area (Å²) in [6, 6.07) is 34.1. The van der Waals surface area contributed by atoms with Crippen LogP contribution in [0.2, 0.25) is 0 Å². The Balaban J connectivity index is 1.04. The van der Waals surface area contributed by atoms with Crippen molar-refractivity contribution in [3.63, 3.8) is 0 Å². The number of hydrogen-bond acceptors (Lipinski definition) is 5. The lowest BCUT2D eigenvalue weighted by Gasteiger charge is -2.33. The lowest BCUT2D eigenvalue weighted by atomic mass is 9.70. The Morgan fingerprint density at radius 3 is 1.35 bits per heavy atom. The van der Waals surface area contributed by atoms with Gasteiger partial charge in [-0.3, -0.25) is 0 Å². The largest absolute Gasteiger partial charge is 0.140 e. The SMILES string of the molecule is CCCCCCc1c(-c2ccc(-c3ccc(C)s3)s2)sc(-c2ccc(-c3ccc(-c4ccc5c(c4)C4(CCCCCCCCCCCCCC4)c4cc(C)ccc4-5)s3)s2)c1CCCCCC. The molecule has 5 heteroatoms. The third kappa shape index (κ3) is 10.9. The Morgan fingerprint density at radius 1 is 0.394 bits per heavy atom. The second-order valence-corrected chi connectivity index (χ2v) is 25.4. The van der Waals surface area contributed by atoms with E-state index in [-0.39, 0.29) is 5.41 Å². The molecule has 2 aromatic carbocycles. The standard InChI is InChI=1S/C61H74S5/c1-5-7-9-21-25-48-49(26-22-10-8-6-2)60(66-59(48)57-37-35-54(64-57)53-32-28-44(4)62-53)58-38-36-56(65-58)55-34-33-52(63-55)45-29-31-47-46-30-27-43(3)41-50(46)61(51(47)42-45)39-23-19-17-15-13-11-12-14-16-18-20-24-40-61/h27-38,41-42H,5-26,39-40H2,1-4H3. The van der Waals surface area contributed by atoms with Crippen LogP contribution in [0.5, 0.6) is 0 Å². The van der Waals surface area contributed by atoms with E-state index in [1.54, 1.807) is 32.0 Å². The van der Waals surface area contributed by atoms with Gasteiger partial charge in [0.1, 0.15) is 0 Å². The zero-order valence-corrected chi connectivity index (χ0v) is 44.7. The summed E-state index contributed by atoms with van der Waals surface area (Å²) in [5, 5.41) is 0. The van der Waals surface area contributed by atoms with Crippen LogP contribution in [-0.2, 0) is 18.3 Å². The van der Waals surface area contributed by atoms with E-state index >= 15 is 0 Å². The van der Waals surface area contributed by atoms with Gasteiger partial charge in [0, 0.05) is 54.2 Å². The third-order valence-corrected chi connectivity index (χ3v) is 21.3. The fourth-order valence-corrected chi connectivity index (χ4v) is 17.0. The monoisotopic (exact) mass is 966 g/mol. The van der Waals surface area contributed by atoms with Crippen molar-refractivity contribution in [1.82, 2.24) is 0 Å². The molecule has 348 valence electrons. The zero-order chi connectivity index (χ0) is 45.3. The molecular formula is C61H74S5. The van der Waals surface area contributed by atoms with Crippen molar-refractivity contribution in [1.29, 1.82) is 0 Å². The van der Waals surface area contributed by atoms with Gasteiger partial charge in [0.25, 0.3) is 0 Å². The topological polar surface area (TPSA) is 0 Å². The lowest BCUT2D eigenvalue weighted by Crippen LogP contribution is -2.25. The molecule has 0 aliphatic heterocycles. The highest BCUT2D eigenvalue weighted by atomic mass is 32.1. The first-order valence-electron chi connectivity index (χ1n) is 26.2.